The zero-order chi connectivity index (χ0) is 14.7. The van der Waals surface area contributed by atoms with Crippen LogP contribution in [-0.2, 0) is 6.42 Å². The van der Waals surface area contributed by atoms with E-state index in [0.29, 0.717) is 0 Å². The fraction of sp³-hybridized carbons (Fsp3) is 0.235. The van der Waals surface area contributed by atoms with Crippen LogP contribution in [0.4, 0.5) is 10.8 Å². The van der Waals surface area contributed by atoms with Crippen LogP contribution in [0.1, 0.15) is 25.3 Å². The molecular weight excluding hydrogens is 300 g/mol. The van der Waals surface area contributed by atoms with Crippen molar-refractivity contribution >= 4 is 44.0 Å². The lowest BCUT2D eigenvalue weighted by Gasteiger charge is -2.04. The minimum Gasteiger partial charge on any atom is -0.332 e. The van der Waals surface area contributed by atoms with Crippen LogP contribution in [0.25, 0.3) is 10.2 Å². The number of hydrogen-bond acceptors (Lipinski definition) is 3. The summed E-state index contributed by atoms with van der Waals surface area (Å²) >= 11 is 7.63. The number of rotatable bonds is 5. The Morgan fingerprint density at radius 2 is 1.95 bits per heavy atom. The molecule has 0 atom stereocenters. The second-order valence-electron chi connectivity index (χ2n) is 5.06. The van der Waals surface area contributed by atoms with Gasteiger partial charge in [0.1, 0.15) is 0 Å². The van der Waals surface area contributed by atoms with Crippen LogP contribution in [0.3, 0.4) is 0 Å². The number of halogens is 1. The summed E-state index contributed by atoms with van der Waals surface area (Å²) in [5.41, 5.74) is 3.40. The number of anilines is 2. The van der Waals surface area contributed by atoms with E-state index in [2.05, 4.69) is 41.5 Å². The van der Waals surface area contributed by atoms with E-state index in [1.54, 1.807) is 11.3 Å². The van der Waals surface area contributed by atoms with Crippen molar-refractivity contribution in [2.75, 3.05) is 5.32 Å². The van der Waals surface area contributed by atoms with E-state index in [1.807, 2.05) is 18.2 Å². The van der Waals surface area contributed by atoms with Crippen LogP contribution >= 0.6 is 22.9 Å². The predicted octanol–water partition coefficient (Wildman–Crippen LogP) is 6.04. The van der Waals surface area contributed by atoms with E-state index >= 15 is 0 Å². The highest BCUT2D eigenvalue weighted by atomic mass is 35.5. The molecule has 0 unspecified atom stereocenters. The molecule has 0 radical (unpaired) electrons. The summed E-state index contributed by atoms with van der Waals surface area (Å²) in [4.78, 5) is 4.56. The average Bonchev–Trinajstić information content (AvgIpc) is 2.88. The molecule has 1 aromatic heterocycles. The molecule has 2 aromatic carbocycles. The van der Waals surface area contributed by atoms with Crippen LogP contribution in [0.15, 0.2) is 42.5 Å². The second kappa shape index (κ2) is 6.46. The minimum absolute atomic E-state index is 0.722. The Labute approximate surface area is 133 Å². The van der Waals surface area contributed by atoms with Crippen molar-refractivity contribution in [3.63, 3.8) is 0 Å². The van der Waals surface area contributed by atoms with Gasteiger partial charge in [-0.15, -0.1) is 0 Å². The second-order valence-corrected chi connectivity index (χ2v) is 6.52. The van der Waals surface area contributed by atoms with Crippen LogP contribution in [-0.4, -0.2) is 4.98 Å². The molecule has 0 bridgehead atoms. The molecule has 0 amide bonds. The first kappa shape index (κ1) is 14.4. The van der Waals surface area contributed by atoms with E-state index in [9.17, 15) is 0 Å². The molecule has 0 spiro atoms. The van der Waals surface area contributed by atoms with Gasteiger partial charge in [-0.25, -0.2) is 4.98 Å². The van der Waals surface area contributed by atoms with Gasteiger partial charge < -0.3 is 5.32 Å². The number of unbranched alkanes of at least 4 members (excludes halogenated alkanes) is 1. The van der Waals surface area contributed by atoms with Crippen LogP contribution in [0, 0.1) is 0 Å². The topological polar surface area (TPSA) is 24.9 Å². The highest BCUT2D eigenvalue weighted by Crippen LogP contribution is 2.30. The zero-order valence-electron chi connectivity index (χ0n) is 11.9. The van der Waals surface area contributed by atoms with Gasteiger partial charge >= 0.3 is 0 Å². The van der Waals surface area contributed by atoms with Crippen molar-refractivity contribution in [1.82, 2.24) is 4.98 Å². The largest absolute Gasteiger partial charge is 0.332 e. The highest BCUT2D eigenvalue weighted by molar-refractivity contribution is 7.22. The number of aryl methyl sites for hydroxylation is 1. The van der Waals surface area contributed by atoms with E-state index < -0.39 is 0 Å². The molecule has 0 fully saturated rings. The monoisotopic (exact) mass is 316 g/mol. The lowest BCUT2D eigenvalue weighted by molar-refractivity contribution is 0.795. The Balaban J connectivity index is 1.75. The molecule has 3 aromatic rings. The van der Waals surface area contributed by atoms with Gasteiger partial charge in [0.05, 0.1) is 10.2 Å². The third-order valence-corrected chi connectivity index (χ3v) is 4.56. The summed E-state index contributed by atoms with van der Waals surface area (Å²) in [7, 11) is 0. The number of nitrogens with zero attached hydrogens (tertiary/aromatic N) is 1. The average molecular weight is 317 g/mol. The normalized spacial score (nSPS) is 11.0. The molecule has 21 heavy (non-hydrogen) atoms. The van der Waals surface area contributed by atoms with E-state index in [0.717, 1.165) is 32.5 Å². The molecule has 2 nitrogen and oxygen atoms in total. The van der Waals surface area contributed by atoms with Crippen molar-refractivity contribution in [1.29, 1.82) is 0 Å². The Morgan fingerprint density at radius 3 is 2.71 bits per heavy atom. The SMILES string of the molecule is CCCCc1ccc(Nc2nc3cc(Cl)ccc3s2)cc1. The molecular formula is C17H17ClN2S. The molecule has 4 heteroatoms. The first-order valence-electron chi connectivity index (χ1n) is 7.16. The molecule has 0 saturated heterocycles. The number of benzene rings is 2. The minimum atomic E-state index is 0.722. The van der Waals surface area contributed by atoms with Gasteiger partial charge in [0.25, 0.3) is 0 Å². The van der Waals surface area contributed by atoms with Crippen LogP contribution < -0.4 is 5.32 Å². The summed E-state index contributed by atoms with van der Waals surface area (Å²) in [5, 5.41) is 4.98. The van der Waals surface area contributed by atoms with Crippen molar-refractivity contribution in [3.05, 3.63) is 53.1 Å². The fourth-order valence-electron chi connectivity index (χ4n) is 2.21. The summed E-state index contributed by atoms with van der Waals surface area (Å²) < 4.78 is 1.14. The van der Waals surface area contributed by atoms with E-state index in [1.165, 1.54) is 18.4 Å². The Bertz CT molecular complexity index is 734. The number of thiazole rings is 1. The standard InChI is InChI=1S/C17H17ClN2S/c1-2-3-4-12-5-8-14(9-6-12)19-17-20-15-11-13(18)7-10-16(15)21-17/h5-11H,2-4H2,1H3,(H,19,20). The van der Waals surface area contributed by atoms with Gasteiger partial charge in [-0.05, 0) is 48.7 Å². The van der Waals surface area contributed by atoms with Crippen LogP contribution in [0.2, 0.25) is 5.02 Å². The molecule has 3 rings (SSSR count). The van der Waals surface area contributed by atoms with Gasteiger partial charge in [0.15, 0.2) is 5.13 Å². The number of fused-ring (bicyclic) bond motifs is 1. The van der Waals surface area contributed by atoms with Crippen LogP contribution in [0.5, 0.6) is 0 Å². The number of aromatic nitrogens is 1. The summed E-state index contributed by atoms with van der Waals surface area (Å²) in [6.07, 6.45) is 3.62. The molecule has 1 heterocycles. The Kier molecular flexibility index (Phi) is 4.42. The van der Waals surface area contributed by atoms with Gasteiger partial charge in [-0.2, -0.15) is 0 Å². The summed E-state index contributed by atoms with van der Waals surface area (Å²) in [6.45, 7) is 2.22. The van der Waals surface area contributed by atoms with Gasteiger partial charge in [-0.3, -0.25) is 0 Å². The van der Waals surface area contributed by atoms with Crippen molar-refractivity contribution in [3.8, 4) is 0 Å². The summed E-state index contributed by atoms with van der Waals surface area (Å²) in [6, 6.07) is 14.4. The Hall–Kier alpha value is -1.58. The fourth-order valence-corrected chi connectivity index (χ4v) is 3.25. The third-order valence-electron chi connectivity index (χ3n) is 3.37. The van der Waals surface area contributed by atoms with Gasteiger partial charge in [-0.1, -0.05) is 48.4 Å². The molecule has 0 aliphatic carbocycles. The maximum atomic E-state index is 5.99. The number of nitrogens with one attached hydrogen (secondary N) is 1. The highest BCUT2D eigenvalue weighted by Gasteiger charge is 2.04. The summed E-state index contributed by atoms with van der Waals surface area (Å²) in [5.74, 6) is 0. The predicted molar refractivity (Wildman–Crippen MR) is 93.0 cm³/mol. The van der Waals surface area contributed by atoms with E-state index in [-0.39, 0.29) is 0 Å². The first-order valence-corrected chi connectivity index (χ1v) is 8.36. The smallest absolute Gasteiger partial charge is 0.188 e. The van der Waals surface area contributed by atoms with Gasteiger partial charge in [0, 0.05) is 10.7 Å². The maximum absolute atomic E-state index is 5.99. The maximum Gasteiger partial charge on any atom is 0.188 e. The number of hydrogen-bond donors (Lipinski definition) is 1. The quantitative estimate of drug-likeness (QED) is 0.621. The van der Waals surface area contributed by atoms with Gasteiger partial charge in [0.2, 0.25) is 0 Å². The molecule has 0 saturated carbocycles. The third kappa shape index (κ3) is 3.55. The lowest BCUT2D eigenvalue weighted by atomic mass is 10.1. The molecule has 0 aliphatic rings. The van der Waals surface area contributed by atoms with Crippen molar-refractivity contribution in [2.24, 2.45) is 0 Å². The Morgan fingerprint density at radius 1 is 1.14 bits per heavy atom. The first-order chi connectivity index (χ1) is 10.2. The van der Waals surface area contributed by atoms with Crippen molar-refractivity contribution in [2.45, 2.75) is 26.2 Å². The van der Waals surface area contributed by atoms with E-state index in [4.69, 9.17) is 11.6 Å². The molecule has 1 N–H and O–H groups in total. The lowest BCUT2D eigenvalue weighted by Crippen LogP contribution is -1.90. The molecule has 0 aliphatic heterocycles. The molecule has 108 valence electrons. The van der Waals surface area contributed by atoms with Crippen molar-refractivity contribution < 1.29 is 0 Å². The zero-order valence-corrected chi connectivity index (χ0v) is 13.5.